The highest BCUT2D eigenvalue weighted by molar-refractivity contribution is 6.31. The van der Waals surface area contributed by atoms with E-state index in [4.69, 9.17) is 22.1 Å². The third kappa shape index (κ3) is 6.97. The number of ether oxygens (including phenoxy) is 1. The smallest absolute Gasteiger partial charge is 0.255 e. The van der Waals surface area contributed by atoms with E-state index in [0.717, 1.165) is 31.2 Å². The third-order valence-electron chi connectivity index (χ3n) is 6.18. The molecule has 1 aliphatic carbocycles. The minimum absolute atomic E-state index is 0.0165. The van der Waals surface area contributed by atoms with Gasteiger partial charge in [0.15, 0.2) is 0 Å². The van der Waals surface area contributed by atoms with Crippen molar-refractivity contribution >= 4 is 29.1 Å². The zero-order valence-electron chi connectivity index (χ0n) is 20.6. The van der Waals surface area contributed by atoms with Crippen LogP contribution in [-0.2, 0) is 11.3 Å². The number of nitrogens with zero attached hydrogens (tertiary/aromatic N) is 1. The highest BCUT2D eigenvalue weighted by Gasteiger charge is 2.33. The van der Waals surface area contributed by atoms with Crippen molar-refractivity contribution in [1.82, 2.24) is 4.90 Å². The highest BCUT2D eigenvalue weighted by atomic mass is 35.5. The van der Waals surface area contributed by atoms with Gasteiger partial charge in [0, 0.05) is 41.3 Å². The quantitative estimate of drug-likeness (QED) is 0.531. The molecule has 2 amide bonds. The lowest BCUT2D eigenvalue weighted by Gasteiger charge is -2.39. The first-order chi connectivity index (χ1) is 16.1. The molecule has 3 N–H and O–H groups in total. The molecule has 2 unspecified atom stereocenters. The van der Waals surface area contributed by atoms with Crippen LogP contribution in [0, 0.1) is 5.41 Å². The Hall–Kier alpha value is -2.57. The first-order valence-electron chi connectivity index (χ1n) is 11.9. The number of hydrogen-bond acceptors (Lipinski definition) is 4. The zero-order chi connectivity index (χ0) is 24.9. The van der Waals surface area contributed by atoms with Crippen molar-refractivity contribution in [3.05, 3.63) is 58.6 Å². The molecule has 2 aromatic rings. The topological polar surface area (TPSA) is 84.7 Å². The monoisotopic (exact) mass is 485 g/mol. The fraction of sp³-hybridized carbons (Fsp3) is 0.481. The maximum atomic E-state index is 13.4. The number of amides is 2. The molecule has 184 valence electrons. The summed E-state index contributed by atoms with van der Waals surface area (Å²) < 4.78 is 5.15. The van der Waals surface area contributed by atoms with Crippen LogP contribution >= 0.6 is 11.6 Å². The van der Waals surface area contributed by atoms with Crippen molar-refractivity contribution < 1.29 is 14.3 Å². The molecule has 0 radical (unpaired) electrons. The number of methoxy groups -OCH3 is 1. The van der Waals surface area contributed by atoms with Gasteiger partial charge in [0.05, 0.1) is 7.11 Å². The fourth-order valence-corrected chi connectivity index (χ4v) is 4.55. The van der Waals surface area contributed by atoms with Gasteiger partial charge in [-0.3, -0.25) is 9.59 Å². The van der Waals surface area contributed by atoms with E-state index in [1.54, 1.807) is 43.5 Å². The Kier molecular flexibility index (Phi) is 8.61. The van der Waals surface area contributed by atoms with E-state index in [1.807, 2.05) is 11.0 Å². The van der Waals surface area contributed by atoms with Crippen molar-refractivity contribution in [3.63, 3.8) is 0 Å². The molecule has 34 heavy (non-hydrogen) atoms. The predicted molar refractivity (Wildman–Crippen MR) is 137 cm³/mol. The molecule has 0 spiro atoms. The van der Waals surface area contributed by atoms with E-state index in [1.165, 1.54) is 0 Å². The Labute approximate surface area is 207 Å². The number of nitrogens with one attached hydrogen (secondary N) is 1. The molecule has 2 aromatic carbocycles. The van der Waals surface area contributed by atoms with E-state index in [2.05, 4.69) is 26.1 Å². The Balaban J connectivity index is 1.82. The number of halogens is 1. The van der Waals surface area contributed by atoms with E-state index in [0.29, 0.717) is 35.0 Å². The second-order valence-corrected chi connectivity index (χ2v) is 10.7. The van der Waals surface area contributed by atoms with E-state index < -0.39 is 0 Å². The number of carbonyl (C=O) groups is 2. The van der Waals surface area contributed by atoms with Crippen LogP contribution in [0.3, 0.4) is 0 Å². The summed E-state index contributed by atoms with van der Waals surface area (Å²) in [5, 5.41) is 3.48. The average Bonchev–Trinajstić information content (AvgIpc) is 2.79. The molecule has 0 bridgehead atoms. The molecule has 7 heteroatoms. The maximum absolute atomic E-state index is 13.4. The lowest BCUT2D eigenvalue weighted by molar-refractivity contribution is -0.137. The average molecular weight is 486 g/mol. The number of hydrogen-bond donors (Lipinski definition) is 2. The van der Waals surface area contributed by atoms with Gasteiger partial charge in [0.2, 0.25) is 5.91 Å². The van der Waals surface area contributed by atoms with Crippen molar-refractivity contribution in [1.29, 1.82) is 0 Å². The zero-order valence-corrected chi connectivity index (χ0v) is 21.3. The van der Waals surface area contributed by atoms with Gasteiger partial charge in [0.1, 0.15) is 5.75 Å². The number of anilines is 1. The van der Waals surface area contributed by atoms with E-state index >= 15 is 0 Å². The molecule has 1 fully saturated rings. The summed E-state index contributed by atoms with van der Waals surface area (Å²) >= 11 is 6.54. The van der Waals surface area contributed by atoms with Gasteiger partial charge in [-0.1, -0.05) is 45.2 Å². The van der Waals surface area contributed by atoms with Crippen molar-refractivity contribution in [3.8, 4) is 5.75 Å². The lowest BCUT2D eigenvalue weighted by atomic mass is 9.87. The van der Waals surface area contributed by atoms with Crippen LogP contribution < -0.4 is 15.8 Å². The Morgan fingerprint density at radius 3 is 2.41 bits per heavy atom. The van der Waals surface area contributed by atoms with Gasteiger partial charge in [-0.15, -0.1) is 0 Å². The van der Waals surface area contributed by atoms with Gasteiger partial charge in [-0.2, -0.15) is 0 Å². The van der Waals surface area contributed by atoms with Gasteiger partial charge in [-0.25, -0.2) is 0 Å². The van der Waals surface area contributed by atoms with Crippen LogP contribution in [-0.4, -0.2) is 35.9 Å². The SMILES string of the molecule is COc1ccc(C(=O)Nc2ccc(Cl)c(CN(C(=O)CC(C)(C)C)C3CCCCC3N)c2)cc1. The largest absolute Gasteiger partial charge is 0.497 e. The summed E-state index contributed by atoms with van der Waals surface area (Å²) in [4.78, 5) is 28.0. The summed E-state index contributed by atoms with van der Waals surface area (Å²) in [6.45, 7) is 6.54. The van der Waals surface area contributed by atoms with Crippen molar-refractivity contribution in [2.24, 2.45) is 11.1 Å². The standard InChI is InChI=1S/C27H36ClN3O3/c1-27(2,3)16-25(32)31(24-8-6-5-7-23(24)29)17-19-15-20(11-14-22(19)28)30-26(33)18-9-12-21(34-4)13-10-18/h9-15,23-24H,5-8,16-17,29H2,1-4H3,(H,30,33). The molecule has 1 saturated carbocycles. The predicted octanol–water partition coefficient (Wildman–Crippen LogP) is 5.64. The van der Waals surface area contributed by atoms with Gasteiger partial charge < -0.3 is 20.7 Å². The van der Waals surface area contributed by atoms with Crippen LogP contribution in [0.4, 0.5) is 5.69 Å². The van der Waals surface area contributed by atoms with E-state index in [-0.39, 0.29) is 29.3 Å². The first-order valence-corrected chi connectivity index (χ1v) is 12.2. The van der Waals surface area contributed by atoms with Gasteiger partial charge in [-0.05, 0) is 66.3 Å². The molecule has 0 aromatic heterocycles. The van der Waals surface area contributed by atoms with Gasteiger partial charge >= 0.3 is 0 Å². The number of carbonyl (C=O) groups excluding carboxylic acids is 2. The van der Waals surface area contributed by atoms with Crippen molar-refractivity contribution in [2.45, 2.75) is 71.5 Å². The van der Waals surface area contributed by atoms with Crippen LogP contribution in [0.15, 0.2) is 42.5 Å². The molecular formula is C27H36ClN3O3. The summed E-state index contributed by atoms with van der Waals surface area (Å²) in [6.07, 6.45) is 4.38. The van der Waals surface area contributed by atoms with Crippen LogP contribution in [0.25, 0.3) is 0 Å². The summed E-state index contributed by atoms with van der Waals surface area (Å²) in [7, 11) is 1.58. The molecule has 3 rings (SSSR count). The molecule has 0 saturated heterocycles. The number of benzene rings is 2. The number of rotatable bonds is 7. The van der Waals surface area contributed by atoms with Crippen LogP contribution in [0.1, 0.15) is 68.8 Å². The Morgan fingerprint density at radius 2 is 1.79 bits per heavy atom. The molecule has 0 aliphatic heterocycles. The van der Waals surface area contributed by atoms with Crippen molar-refractivity contribution in [2.75, 3.05) is 12.4 Å². The number of nitrogens with two attached hydrogens (primary N) is 1. The summed E-state index contributed by atoms with van der Waals surface area (Å²) in [5.74, 6) is 0.538. The minimum Gasteiger partial charge on any atom is -0.497 e. The maximum Gasteiger partial charge on any atom is 0.255 e. The normalized spacial score (nSPS) is 18.3. The summed E-state index contributed by atoms with van der Waals surface area (Å²) in [5.41, 5.74) is 8.26. The Morgan fingerprint density at radius 1 is 1.12 bits per heavy atom. The minimum atomic E-state index is -0.231. The first kappa shape index (κ1) is 26.0. The van der Waals surface area contributed by atoms with Crippen LogP contribution in [0.5, 0.6) is 5.75 Å². The fourth-order valence-electron chi connectivity index (χ4n) is 4.38. The molecule has 6 nitrogen and oxygen atoms in total. The third-order valence-corrected chi connectivity index (χ3v) is 6.55. The lowest BCUT2D eigenvalue weighted by Crippen LogP contribution is -2.52. The molecule has 0 heterocycles. The molecule has 2 atom stereocenters. The second-order valence-electron chi connectivity index (χ2n) is 10.3. The Bertz CT molecular complexity index is 1000. The second kappa shape index (κ2) is 11.2. The van der Waals surface area contributed by atoms with Gasteiger partial charge in [0.25, 0.3) is 5.91 Å². The van der Waals surface area contributed by atoms with Crippen LogP contribution in [0.2, 0.25) is 5.02 Å². The van der Waals surface area contributed by atoms with E-state index in [9.17, 15) is 9.59 Å². The summed E-state index contributed by atoms with van der Waals surface area (Å²) in [6, 6.07) is 12.2. The highest BCUT2D eigenvalue weighted by Crippen LogP contribution is 2.30. The molecular weight excluding hydrogens is 450 g/mol. The molecule has 1 aliphatic rings.